The van der Waals surface area contributed by atoms with Crippen LogP contribution in [0.4, 0.5) is 4.79 Å². The average molecular weight is 290 g/mol. The van der Waals surface area contributed by atoms with Gasteiger partial charge in [0.1, 0.15) is 0 Å². The number of thioether (sulfide) groups is 1. The molecule has 0 aliphatic rings. The van der Waals surface area contributed by atoms with Crippen LogP contribution in [0.2, 0.25) is 0 Å². The maximum atomic E-state index is 11.7. The summed E-state index contributed by atoms with van der Waals surface area (Å²) in [6.07, 6.45) is 4.70. The lowest BCUT2D eigenvalue weighted by molar-refractivity contribution is -0.137. The van der Waals surface area contributed by atoms with Gasteiger partial charge in [-0.15, -0.1) is 0 Å². The predicted molar refractivity (Wildman–Crippen MR) is 79.7 cm³/mol. The van der Waals surface area contributed by atoms with Crippen LogP contribution < -0.4 is 5.32 Å². The summed E-state index contributed by atoms with van der Waals surface area (Å²) >= 11 is 1.71. The van der Waals surface area contributed by atoms with E-state index < -0.39 is 5.97 Å². The van der Waals surface area contributed by atoms with Crippen LogP contribution in [-0.2, 0) is 4.79 Å². The predicted octanol–water partition coefficient (Wildman–Crippen LogP) is 2.27. The molecule has 112 valence electrons. The molecule has 19 heavy (non-hydrogen) atoms. The SMILES string of the molecule is CCC(CCNC(=O)N(C)CCSC)CCC(=O)O. The molecule has 1 atom stereocenters. The van der Waals surface area contributed by atoms with Crippen LogP contribution in [-0.4, -0.2) is 54.2 Å². The Labute approximate surface area is 120 Å². The minimum atomic E-state index is -0.751. The van der Waals surface area contributed by atoms with Gasteiger partial charge in [0.05, 0.1) is 0 Å². The number of nitrogens with zero attached hydrogens (tertiary/aromatic N) is 1. The third-order valence-corrected chi connectivity index (χ3v) is 3.74. The van der Waals surface area contributed by atoms with Gasteiger partial charge in [-0.1, -0.05) is 13.3 Å². The van der Waals surface area contributed by atoms with Gasteiger partial charge in [-0.25, -0.2) is 4.79 Å². The molecular formula is C13H26N2O3S. The van der Waals surface area contributed by atoms with Crippen LogP contribution in [0.1, 0.15) is 32.6 Å². The zero-order chi connectivity index (χ0) is 14.7. The first kappa shape index (κ1) is 18.1. The van der Waals surface area contributed by atoms with Crippen molar-refractivity contribution < 1.29 is 14.7 Å². The quantitative estimate of drug-likeness (QED) is 0.647. The van der Waals surface area contributed by atoms with E-state index >= 15 is 0 Å². The molecule has 5 nitrogen and oxygen atoms in total. The Hall–Kier alpha value is -0.910. The van der Waals surface area contributed by atoms with Crippen molar-refractivity contribution in [3.8, 4) is 0 Å². The Morgan fingerprint density at radius 3 is 2.58 bits per heavy atom. The lowest BCUT2D eigenvalue weighted by Gasteiger charge is -2.19. The van der Waals surface area contributed by atoms with E-state index in [1.807, 2.05) is 6.26 Å². The second-order valence-corrected chi connectivity index (χ2v) is 5.63. The molecule has 0 aromatic heterocycles. The van der Waals surface area contributed by atoms with E-state index in [-0.39, 0.29) is 12.5 Å². The monoisotopic (exact) mass is 290 g/mol. The molecule has 1 unspecified atom stereocenters. The first-order valence-corrected chi connectivity index (χ1v) is 8.10. The van der Waals surface area contributed by atoms with Crippen molar-refractivity contribution in [1.82, 2.24) is 10.2 Å². The molecule has 0 fully saturated rings. The van der Waals surface area contributed by atoms with E-state index in [2.05, 4.69) is 12.2 Å². The molecule has 2 amide bonds. The first-order chi connectivity index (χ1) is 9.01. The average Bonchev–Trinajstić information content (AvgIpc) is 2.39. The van der Waals surface area contributed by atoms with Crippen molar-refractivity contribution in [1.29, 1.82) is 0 Å². The van der Waals surface area contributed by atoms with Crippen LogP contribution in [0.15, 0.2) is 0 Å². The van der Waals surface area contributed by atoms with Gasteiger partial charge >= 0.3 is 12.0 Å². The largest absolute Gasteiger partial charge is 0.481 e. The Kier molecular flexibility index (Phi) is 10.4. The first-order valence-electron chi connectivity index (χ1n) is 6.70. The summed E-state index contributed by atoms with van der Waals surface area (Å²) in [6.45, 7) is 3.41. The molecule has 0 saturated carbocycles. The van der Waals surface area contributed by atoms with Crippen molar-refractivity contribution in [2.45, 2.75) is 32.6 Å². The van der Waals surface area contributed by atoms with Gasteiger partial charge < -0.3 is 15.3 Å². The summed E-state index contributed by atoms with van der Waals surface area (Å²) < 4.78 is 0. The number of amides is 2. The van der Waals surface area contributed by atoms with Gasteiger partial charge in [-0.05, 0) is 25.0 Å². The van der Waals surface area contributed by atoms with Crippen molar-refractivity contribution in [2.24, 2.45) is 5.92 Å². The molecule has 0 spiro atoms. The van der Waals surface area contributed by atoms with Crippen molar-refractivity contribution in [2.75, 3.05) is 32.1 Å². The molecule has 0 bridgehead atoms. The lowest BCUT2D eigenvalue weighted by atomic mass is 9.97. The standard InChI is InChI=1S/C13H26N2O3S/c1-4-11(5-6-12(16)17)7-8-14-13(18)15(2)9-10-19-3/h11H,4-10H2,1-3H3,(H,14,18)(H,16,17). The maximum Gasteiger partial charge on any atom is 0.317 e. The number of carbonyl (C=O) groups excluding carboxylic acids is 1. The summed E-state index contributed by atoms with van der Waals surface area (Å²) in [4.78, 5) is 23.9. The van der Waals surface area contributed by atoms with E-state index in [0.29, 0.717) is 18.9 Å². The van der Waals surface area contributed by atoms with Gasteiger partial charge in [0, 0.05) is 32.3 Å². The lowest BCUT2D eigenvalue weighted by Crippen LogP contribution is -2.39. The van der Waals surface area contributed by atoms with Gasteiger partial charge in [-0.2, -0.15) is 11.8 Å². The van der Waals surface area contributed by atoms with Crippen LogP contribution in [0.3, 0.4) is 0 Å². The van der Waals surface area contributed by atoms with Crippen LogP contribution >= 0.6 is 11.8 Å². The van der Waals surface area contributed by atoms with E-state index in [0.717, 1.165) is 25.1 Å². The fraction of sp³-hybridized carbons (Fsp3) is 0.846. The summed E-state index contributed by atoms with van der Waals surface area (Å²) in [6, 6.07) is -0.0536. The van der Waals surface area contributed by atoms with E-state index in [4.69, 9.17) is 5.11 Å². The molecule has 0 aromatic rings. The molecule has 0 aromatic carbocycles. The fourth-order valence-electron chi connectivity index (χ4n) is 1.73. The number of carbonyl (C=O) groups is 2. The van der Waals surface area contributed by atoms with Crippen molar-refractivity contribution >= 4 is 23.8 Å². The third-order valence-electron chi connectivity index (χ3n) is 3.15. The number of aliphatic carboxylic acids is 1. The maximum absolute atomic E-state index is 11.7. The van der Waals surface area contributed by atoms with Gasteiger partial charge in [-0.3, -0.25) is 4.79 Å². The minimum Gasteiger partial charge on any atom is -0.481 e. The Morgan fingerprint density at radius 1 is 1.37 bits per heavy atom. The van der Waals surface area contributed by atoms with E-state index in [1.165, 1.54) is 0 Å². The van der Waals surface area contributed by atoms with Crippen molar-refractivity contribution in [3.63, 3.8) is 0 Å². The topological polar surface area (TPSA) is 69.6 Å². The number of hydrogen-bond acceptors (Lipinski definition) is 3. The molecule has 0 aliphatic heterocycles. The number of rotatable bonds is 10. The second kappa shape index (κ2) is 11.0. The van der Waals surface area contributed by atoms with Crippen LogP contribution in [0.5, 0.6) is 0 Å². The number of carboxylic acids is 1. The smallest absolute Gasteiger partial charge is 0.317 e. The molecule has 0 aliphatic carbocycles. The summed E-state index contributed by atoms with van der Waals surface area (Å²) in [5.41, 5.74) is 0. The highest BCUT2D eigenvalue weighted by atomic mass is 32.2. The third kappa shape index (κ3) is 9.64. The number of urea groups is 1. The molecule has 0 radical (unpaired) electrons. The molecule has 0 rings (SSSR count). The molecule has 6 heteroatoms. The van der Waals surface area contributed by atoms with Gasteiger partial charge in [0.15, 0.2) is 0 Å². The van der Waals surface area contributed by atoms with Crippen LogP contribution in [0, 0.1) is 5.92 Å². The van der Waals surface area contributed by atoms with Gasteiger partial charge in [0.2, 0.25) is 0 Å². The Balaban J connectivity index is 3.79. The number of nitrogens with one attached hydrogen (secondary N) is 1. The minimum absolute atomic E-state index is 0.0536. The highest BCUT2D eigenvalue weighted by Gasteiger charge is 2.11. The van der Waals surface area contributed by atoms with E-state index in [9.17, 15) is 9.59 Å². The zero-order valence-electron chi connectivity index (χ0n) is 12.1. The molecule has 0 heterocycles. The molecule has 2 N–H and O–H groups in total. The van der Waals surface area contributed by atoms with Gasteiger partial charge in [0.25, 0.3) is 0 Å². The highest BCUT2D eigenvalue weighted by molar-refractivity contribution is 7.98. The Bertz CT molecular complexity index is 275. The Morgan fingerprint density at radius 2 is 2.05 bits per heavy atom. The highest BCUT2D eigenvalue weighted by Crippen LogP contribution is 2.14. The second-order valence-electron chi connectivity index (χ2n) is 4.64. The molecular weight excluding hydrogens is 264 g/mol. The van der Waals surface area contributed by atoms with Crippen molar-refractivity contribution in [3.05, 3.63) is 0 Å². The normalized spacial score (nSPS) is 11.9. The summed E-state index contributed by atoms with van der Waals surface area (Å²) in [5, 5.41) is 11.5. The summed E-state index contributed by atoms with van der Waals surface area (Å²) in [7, 11) is 1.79. The van der Waals surface area contributed by atoms with E-state index in [1.54, 1.807) is 23.7 Å². The fourth-order valence-corrected chi connectivity index (χ4v) is 2.18. The number of hydrogen-bond donors (Lipinski definition) is 2. The summed E-state index contributed by atoms with van der Waals surface area (Å²) in [5.74, 6) is 0.548. The zero-order valence-corrected chi connectivity index (χ0v) is 13.0. The number of carboxylic acid groups (broad SMARTS) is 1. The van der Waals surface area contributed by atoms with Crippen LogP contribution in [0.25, 0.3) is 0 Å². The molecule has 0 saturated heterocycles.